The lowest BCUT2D eigenvalue weighted by molar-refractivity contribution is 0.244. The number of benzene rings is 2. The quantitative estimate of drug-likeness (QED) is 0.680. The molecule has 0 unspecified atom stereocenters. The molecule has 0 aliphatic carbocycles. The Balaban J connectivity index is 1.95. The van der Waals surface area contributed by atoms with Gasteiger partial charge in [-0.1, -0.05) is 24.3 Å². The summed E-state index contributed by atoms with van der Waals surface area (Å²) in [5.74, 6) is 0. The molecule has 6 nitrogen and oxygen atoms in total. The van der Waals surface area contributed by atoms with Crippen molar-refractivity contribution in [2.45, 2.75) is 26.3 Å². The van der Waals surface area contributed by atoms with Crippen molar-refractivity contribution in [3.05, 3.63) is 54.6 Å². The van der Waals surface area contributed by atoms with E-state index in [0.717, 1.165) is 0 Å². The maximum absolute atomic E-state index is 12.0. The normalized spacial score (nSPS) is 10.6. The van der Waals surface area contributed by atoms with Gasteiger partial charge in [-0.15, -0.1) is 0 Å². The van der Waals surface area contributed by atoms with Gasteiger partial charge in [-0.3, -0.25) is 0 Å². The lowest BCUT2D eigenvalue weighted by atomic mass is 10.1. The molecule has 4 amide bonds. The first-order valence-electron chi connectivity index (χ1n) is 7.64. The van der Waals surface area contributed by atoms with E-state index in [0.29, 0.717) is 17.1 Å². The van der Waals surface area contributed by atoms with Crippen molar-refractivity contribution in [1.29, 1.82) is 0 Å². The van der Waals surface area contributed by atoms with Crippen molar-refractivity contribution in [2.75, 3.05) is 16.0 Å². The number of hydrogen-bond donors (Lipinski definition) is 4. The maximum atomic E-state index is 12.0. The zero-order chi connectivity index (χ0) is 17.6. The summed E-state index contributed by atoms with van der Waals surface area (Å²) in [6, 6.07) is 15.5. The van der Waals surface area contributed by atoms with Crippen molar-refractivity contribution in [2.24, 2.45) is 0 Å². The molecule has 0 bridgehead atoms. The maximum Gasteiger partial charge on any atom is 0.323 e. The van der Waals surface area contributed by atoms with Crippen LogP contribution in [-0.2, 0) is 0 Å². The number of nitrogens with one attached hydrogen (secondary N) is 4. The Morgan fingerprint density at radius 3 is 1.79 bits per heavy atom. The molecule has 0 heterocycles. The largest absolute Gasteiger partial charge is 0.333 e. The standard InChI is InChI=1S/C18H22N4O2/c1-18(2,3)22-17(24)21-15-11-7-10-14(12-15)20-16(23)19-13-8-5-4-6-9-13/h4-12H,1-3H3,(H2,19,20,23)(H2,21,22,24). The van der Waals surface area contributed by atoms with Crippen molar-refractivity contribution in [1.82, 2.24) is 5.32 Å². The topological polar surface area (TPSA) is 82.3 Å². The highest BCUT2D eigenvalue weighted by Gasteiger charge is 2.13. The zero-order valence-corrected chi connectivity index (χ0v) is 14.0. The van der Waals surface area contributed by atoms with Crippen LogP contribution in [-0.4, -0.2) is 17.6 Å². The molecule has 0 saturated heterocycles. The first kappa shape index (κ1) is 17.3. The predicted octanol–water partition coefficient (Wildman–Crippen LogP) is 4.25. The van der Waals surface area contributed by atoms with Gasteiger partial charge in [-0.2, -0.15) is 0 Å². The first-order valence-corrected chi connectivity index (χ1v) is 7.64. The summed E-state index contributed by atoms with van der Waals surface area (Å²) in [6.45, 7) is 5.70. The van der Waals surface area contributed by atoms with Crippen LogP contribution in [0.15, 0.2) is 54.6 Å². The second-order valence-electron chi connectivity index (χ2n) is 6.36. The SMILES string of the molecule is CC(C)(C)NC(=O)Nc1cccc(NC(=O)Nc2ccccc2)c1. The van der Waals surface area contributed by atoms with Gasteiger partial charge in [-0.25, -0.2) is 9.59 Å². The van der Waals surface area contributed by atoms with Gasteiger partial charge < -0.3 is 21.3 Å². The molecule has 0 atom stereocenters. The number of amides is 4. The monoisotopic (exact) mass is 326 g/mol. The molecule has 0 radical (unpaired) electrons. The molecule has 4 N–H and O–H groups in total. The number of rotatable bonds is 3. The van der Waals surface area contributed by atoms with Crippen LogP contribution in [0.1, 0.15) is 20.8 Å². The molecule has 0 saturated carbocycles. The Morgan fingerprint density at radius 1 is 0.708 bits per heavy atom. The molecular formula is C18H22N4O2. The fraction of sp³-hybridized carbons (Fsp3) is 0.222. The first-order chi connectivity index (χ1) is 11.3. The van der Waals surface area contributed by atoms with Crippen LogP contribution in [0.2, 0.25) is 0 Å². The van der Waals surface area contributed by atoms with Crippen LogP contribution in [0.4, 0.5) is 26.7 Å². The summed E-state index contributed by atoms with van der Waals surface area (Å²) in [6.07, 6.45) is 0. The predicted molar refractivity (Wildman–Crippen MR) is 97.4 cm³/mol. The van der Waals surface area contributed by atoms with Crippen molar-refractivity contribution >= 4 is 29.1 Å². The Hall–Kier alpha value is -3.02. The number of carbonyl (C=O) groups is 2. The number of urea groups is 2. The van der Waals surface area contributed by atoms with E-state index in [4.69, 9.17) is 0 Å². The lowest BCUT2D eigenvalue weighted by Crippen LogP contribution is -2.43. The highest BCUT2D eigenvalue weighted by molar-refractivity contribution is 6.00. The van der Waals surface area contributed by atoms with Crippen LogP contribution in [0, 0.1) is 0 Å². The van der Waals surface area contributed by atoms with Gasteiger partial charge in [-0.05, 0) is 51.1 Å². The average Bonchev–Trinajstić information content (AvgIpc) is 2.46. The van der Waals surface area contributed by atoms with Gasteiger partial charge >= 0.3 is 12.1 Å². The number of anilines is 3. The average molecular weight is 326 g/mol. The summed E-state index contributed by atoms with van der Waals surface area (Å²) in [4.78, 5) is 23.9. The van der Waals surface area contributed by atoms with Crippen LogP contribution in [0.5, 0.6) is 0 Å². The summed E-state index contributed by atoms with van der Waals surface area (Å²) in [5.41, 5.74) is 1.55. The molecule has 0 fully saturated rings. The Morgan fingerprint density at radius 2 is 1.21 bits per heavy atom. The molecule has 2 aromatic rings. The minimum absolute atomic E-state index is 0.298. The van der Waals surface area contributed by atoms with Crippen LogP contribution in [0.25, 0.3) is 0 Å². The number of hydrogen-bond acceptors (Lipinski definition) is 2. The van der Waals surface area contributed by atoms with Gasteiger partial charge in [0.1, 0.15) is 0 Å². The van der Waals surface area contributed by atoms with Crippen molar-refractivity contribution in [3.8, 4) is 0 Å². The van der Waals surface area contributed by atoms with Crippen LogP contribution in [0.3, 0.4) is 0 Å². The van der Waals surface area contributed by atoms with Gasteiger partial charge in [0.25, 0.3) is 0 Å². The zero-order valence-electron chi connectivity index (χ0n) is 14.0. The van der Waals surface area contributed by atoms with E-state index >= 15 is 0 Å². The Labute approximate surface area is 141 Å². The van der Waals surface area contributed by atoms with Crippen molar-refractivity contribution < 1.29 is 9.59 Å². The minimum Gasteiger partial charge on any atom is -0.333 e. The third kappa shape index (κ3) is 6.00. The highest BCUT2D eigenvalue weighted by Crippen LogP contribution is 2.16. The summed E-state index contributed by atoms with van der Waals surface area (Å²) >= 11 is 0. The Bertz CT molecular complexity index is 708. The van der Waals surface area contributed by atoms with E-state index in [2.05, 4.69) is 21.3 Å². The van der Waals surface area contributed by atoms with E-state index in [1.165, 1.54) is 0 Å². The molecule has 126 valence electrons. The van der Waals surface area contributed by atoms with Gasteiger partial charge in [0, 0.05) is 22.6 Å². The third-order valence-corrected chi connectivity index (χ3v) is 2.90. The summed E-state index contributed by atoms with van der Waals surface area (Å²) < 4.78 is 0. The number of para-hydroxylation sites is 1. The van der Waals surface area contributed by atoms with E-state index in [1.807, 2.05) is 39.0 Å². The summed E-state index contributed by atoms with van der Waals surface area (Å²) in [7, 11) is 0. The minimum atomic E-state index is -0.350. The van der Waals surface area contributed by atoms with Crippen molar-refractivity contribution in [3.63, 3.8) is 0 Å². The fourth-order valence-corrected chi connectivity index (χ4v) is 1.99. The third-order valence-electron chi connectivity index (χ3n) is 2.90. The van der Waals surface area contributed by atoms with E-state index in [-0.39, 0.29) is 17.6 Å². The van der Waals surface area contributed by atoms with Gasteiger partial charge in [0.05, 0.1) is 0 Å². The fourth-order valence-electron chi connectivity index (χ4n) is 1.99. The van der Waals surface area contributed by atoms with Gasteiger partial charge in [0.15, 0.2) is 0 Å². The van der Waals surface area contributed by atoms with Gasteiger partial charge in [0.2, 0.25) is 0 Å². The Kier molecular flexibility index (Phi) is 5.42. The highest BCUT2D eigenvalue weighted by atomic mass is 16.2. The van der Waals surface area contributed by atoms with Crippen LogP contribution < -0.4 is 21.3 Å². The van der Waals surface area contributed by atoms with E-state index in [9.17, 15) is 9.59 Å². The van der Waals surface area contributed by atoms with E-state index in [1.54, 1.807) is 36.4 Å². The second kappa shape index (κ2) is 7.50. The molecule has 0 aromatic heterocycles. The molecule has 0 aliphatic rings. The second-order valence-corrected chi connectivity index (χ2v) is 6.36. The van der Waals surface area contributed by atoms with Crippen LogP contribution >= 0.6 is 0 Å². The van der Waals surface area contributed by atoms with E-state index < -0.39 is 0 Å². The molecule has 6 heteroatoms. The molecule has 2 rings (SSSR count). The molecule has 2 aromatic carbocycles. The lowest BCUT2D eigenvalue weighted by Gasteiger charge is -2.20. The molecule has 24 heavy (non-hydrogen) atoms. The molecule has 0 aliphatic heterocycles. The smallest absolute Gasteiger partial charge is 0.323 e. The molecule has 0 spiro atoms. The number of carbonyl (C=O) groups excluding carboxylic acids is 2. The summed E-state index contributed by atoms with van der Waals surface area (Å²) in [5, 5.41) is 11.0. The molecular weight excluding hydrogens is 304 g/mol.